The van der Waals surface area contributed by atoms with Gasteiger partial charge in [0.15, 0.2) is 0 Å². The lowest BCUT2D eigenvalue weighted by atomic mass is 10.1. The van der Waals surface area contributed by atoms with Crippen LogP contribution in [0.1, 0.15) is 31.1 Å². The standard InChI is InChI=1S/C16H24N2O2/c1-11(10-20-4)9-18-15(17-13(3)16(18)19)14-8-6-5-7-12(14)2/h5-8,11,13,15,17H,9-10H2,1-4H3. The molecule has 110 valence electrons. The summed E-state index contributed by atoms with van der Waals surface area (Å²) in [6, 6.07) is 8.09. The molecule has 0 aromatic heterocycles. The van der Waals surface area contributed by atoms with Crippen molar-refractivity contribution >= 4 is 5.91 Å². The van der Waals surface area contributed by atoms with Crippen molar-refractivity contribution in [2.75, 3.05) is 20.3 Å². The summed E-state index contributed by atoms with van der Waals surface area (Å²) in [5, 5.41) is 3.39. The number of carbonyl (C=O) groups is 1. The Morgan fingerprint density at radius 2 is 2.10 bits per heavy atom. The summed E-state index contributed by atoms with van der Waals surface area (Å²) in [6.07, 6.45) is -0.0296. The average Bonchev–Trinajstić information content (AvgIpc) is 2.68. The molecule has 20 heavy (non-hydrogen) atoms. The SMILES string of the molecule is COCC(C)CN1C(=O)C(C)NC1c1ccccc1C. The number of hydrogen-bond acceptors (Lipinski definition) is 3. The van der Waals surface area contributed by atoms with E-state index in [0.29, 0.717) is 19.1 Å². The summed E-state index contributed by atoms with van der Waals surface area (Å²) in [6.45, 7) is 7.49. The Morgan fingerprint density at radius 1 is 1.40 bits per heavy atom. The number of benzene rings is 1. The van der Waals surface area contributed by atoms with Crippen LogP contribution < -0.4 is 5.32 Å². The molecule has 2 rings (SSSR count). The second-order valence-electron chi connectivity index (χ2n) is 5.70. The summed E-state index contributed by atoms with van der Waals surface area (Å²) in [5.41, 5.74) is 2.38. The molecule has 1 amide bonds. The Morgan fingerprint density at radius 3 is 2.75 bits per heavy atom. The number of rotatable bonds is 5. The minimum Gasteiger partial charge on any atom is -0.384 e. The Balaban J connectivity index is 2.22. The van der Waals surface area contributed by atoms with Gasteiger partial charge >= 0.3 is 0 Å². The van der Waals surface area contributed by atoms with Crippen LogP contribution in [0.25, 0.3) is 0 Å². The van der Waals surface area contributed by atoms with Crippen molar-refractivity contribution < 1.29 is 9.53 Å². The molecule has 0 spiro atoms. The van der Waals surface area contributed by atoms with Gasteiger partial charge in [0.05, 0.1) is 12.6 Å². The van der Waals surface area contributed by atoms with Crippen molar-refractivity contribution in [1.82, 2.24) is 10.2 Å². The maximum absolute atomic E-state index is 12.4. The van der Waals surface area contributed by atoms with Crippen molar-refractivity contribution in [1.29, 1.82) is 0 Å². The van der Waals surface area contributed by atoms with Gasteiger partial charge in [-0.2, -0.15) is 0 Å². The summed E-state index contributed by atoms with van der Waals surface area (Å²) in [5.74, 6) is 0.490. The molecule has 1 aliphatic heterocycles. The number of amides is 1. The first-order chi connectivity index (χ1) is 9.54. The molecule has 1 aliphatic rings. The van der Waals surface area contributed by atoms with Crippen molar-refractivity contribution in [2.24, 2.45) is 5.92 Å². The highest BCUT2D eigenvalue weighted by Crippen LogP contribution is 2.28. The van der Waals surface area contributed by atoms with E-state index in [2.05, 4.69) is 31.3 Å². The molecule has 1 fully saturated rings. The highest BCUT2D eigenvalue weighted by atomic mass is 16.5. The van der Waals surface area contributed by atoms with Gasteiger partial charge in [0.2, 0.25) is 5.91 Å². The van der Waals surface area contributed by atoms with Crippen LogP contribution in [0.4, 0.5) is 0 Å². The third-order valence-electron chi connectivity index (χ3n) is 3.82. The van der Waals surface area contributed by atoms with Gasteiger partial charge in [0.25, 0.3) is 0 Å². The highest BCUT2D eigenvalue weighted by Gasteiger charge is 2.37. The van der Waals surface area contributed by atoms with E-state index < -0.39 is 0 Å². The van der Waals surface area contributed by atoms with E-state index in [9.17, 15) is 4.79 Å². The molecule has 3 atom stereocenters. The third-order valence-corrected chi connectivity index (χ3v) is 3.82. The van der Waals surface area contributed by atoms with Crippen LogP contribution in [0.15, 0.2) is 24.3 Å². The van der Waals surface area contributed by atoms with Crippen LogP contribution in [0.5, 0.6) is 0 Å². The maximum Gasteiger partial charge on any atom is 0.241 e. The molecule has 1 saturated heterocycles. The predicted octanol–water partition coefficient (Wildman–Crippen LogP) is 2.10. The molecular weight excluding hydrogens is 252 g/mol. The Hall–Kier alpha value is -1.39. The quantitative estimate of drug-likeness (QED) is 0.895. The summed E-state index contributed by atoms with van der Waals surface area (Å²) in [4.78, 5) is 14.3. The van der Waals surface area contributed by atoms with Crippen LogP contribution in [0.3, 0.4) is 0 Å². The van der Waals surface area contributed by atoms with Gasteiger partial charge in [0.1, 0.15) is 6.17 Å². The van der Waals surface area contributed by atoms with Gasteiger partial charge in [-0.1, -0.05) is 31.2 Å². The molecule has 0 bridgehead atoms. The number of nitrogens with zero attached hydrogens (tertiary/aromatic N) is 1. The molecule has 0 saturated carbocycles. The topological polar surface area (TPSA) is 41.6 Å². The molecule has 3 unspecified atom stereocenters. The average molecular weight is 276 g/mol. The normalized spacial score (nSPS) is 24.2. The van der Waals surface area contributed by atoms with Crippen molar-refractivity contribution in [2.45, 2.75) is 33.0 Å². The molecule has 4 heteroatoms. The van der Waals surface area contributed by atoms with E-state index in [-0.39, 0.29) is 18.1 Å². The fourth-order valence-electron chi connectivity index (χ4n) is 2.79. The maximum atomic E-state index is 12.4. The molecule has 1 aromatic carbocycles. The van der Waals surface area contributed by atoms with Gasteiger partial charge in [-0.3, -0.25) is 10.1 Å². The van der Waals surface area contributed by atoms with Gasteiger partial charge in [-0.15, -0.1) is 0 Å². The van der Waals surface area contributed by atoms with E-state index in [1.54, 1.807) is 7.11 Å². The Bertz CT molecular complexity index is 475. The Labute approximate surface area is 121 Å². The number of hydrogen-bond donors (Lipinski definition) is 1. The molecule has 0 radical (unpaired) electrons. The minimum absolute atomic E-state index is 0.0296. The number of methoxy groups -OCH3 is 1. The zero-order valence-electron chi connectivity index (χ0n) is 12.7. The van der Waals surface area contributed by atoms with E-state index in [4.69, 9.17) is 4.74 Å². The fraction of sp³-hybridized carbons (Fsp3) is 0.562. The van der Waals surface area contributed by atoms with Crippen LogP contribution >= 0.6 is 0 Å². The van der Waals surface area contributed by atoms with E-state index >= 15 is 0 Å². The number of carbonyl (C=O) groups excluding carboxylic acids is 1. The van der Waals surface area contributed by atoms with E-state index in [1.165, 1.54) is 11.1 Å². The van der Waals surface area contributed by atoms with Crippen LogP contribution in [0.2, 0.25) is 0 Å². The molecule has 1 heterocycles. The van der Waals surface area contributed by atoms with Gasteiger partial charge in [-0.25, -0.2) is 0 Å². The van der Waals surface area contributed by atoms with Crippen molar-refractivity contribution in [3.63, 3.8) is 0 Å². The lowest BCUT2D eigenvalue weighted by Crippen LogP contribution is -2.35. The molecule has 4 nitrogen and oxygen atoms in total. The molecular formula is C16H24N2O2. The van der Waals surface area contributed by atoms with Crippen molar-refractivity contribution in [3.05, 3.63) is 35.4 Å². The number of ether oxygens (including phenoxy) is 1. The van der Waals surface area contributed by atoms with Crippen molar-refractivity contribution in [3.8, 4) is 0 Å². The molecule has 0 aliphatic carbocycles. The third kappa shape index (κ3) is 3.02. The van der Waals surface area contributed by atoms with E-state index in [0.717, 1.165) is 0 Å². The van der Waals surface area contributed by atoms with Crippen LogP contribution in [-0.4, -0.2) is 37.1 Å². The van der Waals surface area contributed by atoms with Gasteiger partial charge in [-0.05, 0) is 30.9 Å². The monoisotopic (exact) mass is 276 g/mol. The van der Waals surface area contributed by atoms with Crippen LogP contribution in [0, 0.1) is 12.8 Å². The summed E-state index contributed by atoms with van der Waals surface area (Å²) >= 11 is 0. The number of nitrogens with one attached hydrogen (secondary N) is 1. The second-order valence-corrected chi connectivity index (χ2v) is 5.70. The second kappa shape index (κ2) is 6.37. The number of aryl methyl sites for hydroxylation is 1. The first-order valence-corrected chi connectivity index (χ1v) is 7.15. The first kappa shape index (κ1) is 15.0. The van der Waals surface area contributed by atoms with Gasteiger partial charge < -0.3 is 9.64 Å². The Kier molecular flexibility index (Phi) is 4.78. The summed E-state index contributed by atoms with van der Waals surface area (Å²) < 4.78 is 5.18. The van der Waals surface area contributed by atoms with Crippen LogP contribution in [-0.2, 0) is 9.53 Å². The largest absolute Gasteiger partial charge is 0.384 e. The van der Waals surface area contributed by atoms with E-state index in [1.807, 2.05) is 24.0 Å². The minimum atomic E-state index is -0.130. The predicted molar refractivity (Wildman–Crippen MR) is 79.3 cm³/mol. The molecule has 1 aromatic rings. The summed E-state index contributed by atoms with van der Waals surface area (Å²) in [7, 11) is 1.70. The lowest BCUT2D eigenvalue weighted by Gasteiger charge is -2.28. The van der Waals surface area contributed by atoms with Gasteiger partial charge in [0, 0.05) is 13.7 Å². The molecule has 1 N–H and O–H groups in total. The fourth-order valence-corrected chi connectivity index (χ4v) is 2.79. The first-order valence-electron chi connectivity index (χ1n) is 7.15. The zero-order chi connectivity index (χ0) is 14.7. The highest BCUT2D eigenvalue weighted by molar-refractivity contribution is 5.84. The lowest BCUT2D eigenvalue weighted by molar-refractivity contribution is -0.130. The zero-order valence-corrected chi connectivity index (χ0v) is 12.7. The smallest absolute Gasteiger partial charge is 0.241 e.